The third-order valence-corrected chi connectivity index (χ3v) is 4.09. The Morgan fingerprint density at radius 3 is 2.71 bits per heavy atom. The lowest BCUT2D eigenvalue weighted by molar-refractivity contribution is 0.0575. The van der Waals surface area contributed by atoms with Crippen LogP contribution in [0.15, 0.2) is 36.5 Å². The van der Waals surface area contributed by atoms with E-state index in [0.717, 1.165) is 5.56 Å². The summed E-state index contributed by atoms with van der Waals surface area (Å²) in [5, 5.41) is 14.1. The molecule has 0 unspecified atom stereocenters. The number of hydrogen-bond donors (Lipinski definition) is 0. The maximum Gasteiger partial charge on any atom is 0.416 e. The smallest absolute Gasteiger partial charge is 0.416 e. The van der Waals surface area contributed by atoms with Crippen LogP contribution in [-0.2, 0) is 11.3 Å². The molecule has 0 radical (unpaired) electrons. The predicted molar refractivity (Wildman–Crippen MR) is 107 cm³/mol. The maximum atomic E-state index is 13.0. The van der Waals surface area contributed by atoms with Crippen LogP contribution in [0.5, 0.6) is 0 Å². The molecular formula is C19H17Cl2N5O2. The molecule has 2 heterocycles. The molecule has 0 N–H and O–H groups in total. The second kappa shape index (κ2) is 7.66. The molecule has 0 saturated heterocycles. The SMILES string of the molecule is CC(C)(C)OC(=O)N(Cc1cccc(Cl)c1)c1cc(Cl)nc2c(C#N)cnn12. The number of halogens is 2. The van der Waals surface area contributed by atoms with Crippen LogP contribution in [0.1, 0.15) is 31.9 Å². The Labute approximate surface area is 172 Å². The molecule has 7 nitrogen and oxygen atoms in total. The minimum Gasteiger partial charge on any atom is -0.443 e. The molecule has 9 heteroatoms. The standard InChI is InChI=1S/C19H17Cl2N5O2/c1-19(2,3)28-18(27)25(11-12-5-4-6-14(20)7-12)16-8-15(21)24-17-13(9-22)10-23-26(16)17/h4-8,10H,11H2,1-3H3. The Morgan fingerprint density at radius 2 is 2.07 bits per heavy atom. The minimum atomic E-state index is -0.707. The van der Waals surface area contributed by atoms with Gasteiger partial charge < -0.3 is 4.74 Å². The maximum absolute atomic E-state index is 13.0. The summed E-state index contributed by atoms with van der Waals surface area (Å²) in [6.07, 6.45) is 0.777. The number of nitriles is 1. The molecule has 0 bridgehead atoms. The van der Waals surface area contributed by atoms with E-state index in [1.165, 1.54) is 21.7 Å². The Bertz CT molecular complexity index is 1080. The molecule has 0 aliphatic carbocycles. The number of hydrogen-bond acceptors (Lipinski definition) is 5. The zero-order chi connectivity index (χ0) is 20.5. The van der Waals surface area contributed by atoms with Gasteiger partial charge in [-0.25, -0.2) is 9.78 Å². The first kappa shape index (κ1) is 19.9. The predicted octanol–water partition coefficient (Wildman–Crippen LogP) is 4.85. The Kier molecular flexibility index (Phi) is 5.45. The van der Waals surface area contributed by atoms with Gasteiger partial charge in [0.05, 0.1) is 12.7 Å². The number of ether oxygens (including phenoxy) is 1. The van der Waals surface area contributed by atoms with Crippen molar-refractivity contribution in [1.29, 1.82) is 5.26 Å². The summed E-state index contributed by atoms with van der Waals surface area (Å²) in [6.45, 7) is 5.49. The summed E-state index contributed by atoms with van der Waals surface area (Å²) in [6, 6.07) is 10.6. The van der Waals surface area contributed by atoms with Crippen LogP contribution in [0.4, 0.5) is 10.6 Å². The molecule has 0 aliphatic rings. The van der Waals surface area contributed by atoms with Gasteiger partial charge in [0, 0.05) is 11.1 Å². The summed E-state index contributed by atoms with van der Waals surface area (Å²) in [4.78, 5) is 18.5. The first-order valence-corrected chi connectivity index (χ1v) is 9.13. The fourth-order valence-electron chi connectivity index (χ4n) is 2.56. The number of amides is 1. The third kappa shape index (κ3) is 4.35. The van der Waals surface area contributed by atoms with Crippen LogP contribution in [-0.4, -0.2) is 26.3 Å². The third-order valence-electron chi connectivity index (χ3n) is 3.66. The van der Waals surface area contributed by atoms with E-state index in [0.29, 0.717) is 10.8 Å². The largest absolute Gasteiger partial charge is 0.443 e. The molecule has 28 heavy (non-hydrogen) atoms. The fourth-order valence-corrected chi connectivity index (χ4v) is 2.95. The van der Waals surface area contributed by atoms with Crippen LogP contribution < -0.4 is 4.90 Å². The second-order valence-electron chi connectivity index (χ2n) is 7.04. The van der Waals surface area contributed by atoms with Crippen molar-refractivity contribution in [3.63, 3.8) is 0 Å². The highest BCUT2D eigenvalue weighted by Gasteiger charge is 2.27. The molecule has 3 rings (SSSR count). The number of fused-ring (bicyclic) bond motifs is 1. The van der Waals surface area contributed by atoms with Crippen molar-refractivity contribution in [2.24, 2.45) is 0 Å². The summed E-state index contributed by atoms with van der Waals surface area (Å²) >= 11 is 12.2. The van der Waals surface area contributed by atoms with Gasteiger partial charge in [-0.1, -0.05) is 35.3 Å². The second-order valence-corrected chi connectivity index (χ2v) is 7.86. The number of anilines is 1. The van der Waals surface area contributed by atoms with Crippen molar-refractivity contribution in [2.45, 2.75) is 32.9 Å². The lowest BCUT2D eigenvalue weighted by atomic mass is 10.2. The lowest BCUT2D eigenvalue weighted by Crippen LogP contribution is -2.37. The van der Waals surface area contributed by atoms with Crippen molar-refractivity contribution >= 4 is 40.8 Å². The van der Waals surface area contributed by atoms with Gasteiger partial charge in [-0.15, -0.1) is 0 Å². The highest BCUT2D eigenvalue weighted by atomic mass is 35.5. The van der Waals surface area contributed by atoms with Crippen LogP contribution in [0.3, 0.4) is 0 Å². The topological polar surface area (TPSA) is 83.5 Å². The zero-order valence-electron chi connectivity index (χ0n) is 15.5. The molecule has 0 aliphatic heterocycles. The number of carbonyl (C=O) groups is 1. The molecule has 144 valence electrons. The zero-order valence-corrected chi connectivity index (χ0v) is 17.0. The minimum absolute atomic E-state index is 0.124. The number of nitrogens with zero attached hydrogens (tertiary/aromatic N) is 5. The fraction of sp³-hybridized carbons (Fsp3) is 0.263. The van der Waals surface area contributed by atoms with Gasteiger partial charge >= 0.3 is 6.09 Å². The molecule has 3 aromatic rings. The van der Waals surface area contributed by atoms with E-state index >= 15 is 0 Å². The average Bonchev–Trinajstić information content (AvgIpc) is 3.00. The number of rotatable bonds is 3. The van der Waals surface area contributed by atoms with E-state index < -0.39 is 11.7 Å². The number of benzene rings is 1. The Balaban J connectivity index is 2.13. The van der Waals surface area contributed by atoms with Gasteiger partial charge in [-0.05, 0) is 38.5 Å². The normalized spacial score (nSPS) is 11.3. The van der Waals surface area contributed by atoms with Crippen LogP contribution in [0.25, 0.3) is 5.65 Å². The van der Waals surface area contributed by atoms with Crippen molar-refractivity contribution in [1.82, 2.24) is 14.6 Å². The summed E-state index contributed by atoms with van der Waals surface area (Å²) in [7, 11) is 0. The molecule has 0 saturated carbocycles. The molecule has 0 atom stereocenters. The van der Waals surface area contributed by atoms with Crippen LogP contribution in [0, 0.1) is 11.3 Å². The van der Waals surface area contributed by atoms with Gasteiger partial charge in [0.1, 0.15) is 28.2 Å². The van der Waals surface area contributed by atoms with E-state index in [4.69, 9.17) is 27.9 Å². The van der Waals surface area contributed by atoms with Crippen molar-refractivity contribution < 1.29 is 9.53 Å². The molecule has 1 aromatic carbocycles. The van der Waals surface area contributed by atoms with E-state index in [1.54, 1.807) is 39.0 Å². The van der Waals surface area contributed by atoms with Crippen molar-refractivity contribution in [3.05, 3.63) is 57.8 Å². The first-order chi connectivity index (χ1) is 13.2. The van der Waals surface area contributed by atoms with Gasteiger partial charge in [0.25, 0.3) is 0 Å². The van der Waals surface area contributed by atoms with Crippen molar-refractivity contribution in [3.8, 4) is 6.07 Å². The molecule has 1 amide bonds. The summed E-state index contributed by atoms with van der Waals surface area (Å²) in [5.41, 5.74) is 0.578. The molecule has 0 fully saturated rings. The Morgan fingerprint density at radius 1 is 1.32 bits per heavy atom. The van der Waals surface area contributed by atoms with E-state index in [1.807, 2.05) is 12.1 Å². The summed E-state index contributed by atoms with van der Waals surface area (Å²) < 4.78 is 6.95. The van der Waals surface area contributed by atoms with Gasteiger partial charge in [0.15, 0.2) is 5.65 Å². The number of aromatic nitrogens is 3. The van der Waals surface area contributed by atoms with E-state index in [2.05, 4.69) is 10.1 Å². The molecular weight excluding hydrogens is 401 g/mol. The highest BCUT2D eigenvalue weighted by molar-refractivity contribution is 6.30. The van der Waals surface area contributed by atoms with Crippen molar-refractivity contribution in [2.75, 3.05) is 4.90 Å². The average molecular weight is 418 g/mol. The highest BCUT2D eigenvalue weighted by Crippen LogP contribution is 2.26. The quantitative estimate of drug-likeness (QED) is 0.568. The monoisotopic (exact) mass is 417 g/mol. The first-order valence-electron chi connectivity index (χ1n) is 8.37. The van der Waals surface area contributed by atoms with E-state index in [-0.39, 0.29) is 22.9 Å². The lowest BCUT2D eigenvalue weighted by Gasteiger charge is -2.27. The number of carbonyl (C=O) groups excluding carboxylic acids is 1. The summed E-state index contributed by atoms with van der Waals surface area (Å²) in [5.74, 6) is 0.325. The Hall–Kier alpha value is -2.82. The molecule has 2 aromatic heterocycles. The van der Waals surface area contributed by atoms with E-state index in [9.17, 15) is 10.1 Å². The van der Waals surface area contributed by atoms with Crippen LogP contribution in [0.2, 0.25) is 10.2 Å². The van der Waals surface area contributed by atoms with Gasteiger partial charge in [-0.2, -0.15) is 14.9 Å². The molecule has 0 spiro atoms. The van der Waals surface area contributed by atoms with Gasteiger partial charge in [0.2, 0.25) is 0 Å². The van der Waals surface area contributed by atoms with Crippen LogP contribution >= 0.6 is 23.2 Å². The van der Waals surface area contributed by atoms with Gasteiger partial charge in [-0.3, -0.25) is 4.90 Å².